The molecule has 2 aromatic rings. The molecule has 2 aromatic heterocycles. The van der Waals surface area contributed by atoms with Crippen LogP contribution in [-0.4, -0.2) is 15.2 Å². The van der Waals surface area contributed by atoms with Crippen LogP contribution in [-0.2, 0) is 0 Å². The maximum absolute atomic E-state index is 11.1. The highest BCUT2D eigenvalue weighted by Crippen LogP contribution is 2.19. The number of carbonyl (C=O) groups is 1. The van der Waals surface area contributed by atoms with Gasteiger partial charge in [0.1, 0.15) is 5.69 Å². The molecule has 0 bridgehead atoms. The maximum Gasteiger partial charge on any atom is 0.254 e. The van der Waals surface area contributed by atoms with Crippen LogP contribution in [0.5, 0.6) is 0 Å². The molecule has 0 radical (unpaired) electrons. The Bertz CT molecular complexity index is 485. The normalized spacial score (nSPS) is 9.93. The molecule has 4 heteroatoms. The van der Waals surface area contributed by atoms with Crippen molar-refractivity contribution in [1.82, 2.24) is 9.97 Å². The Balaban J connectivity index is 2.58. The molecule has 2 rings (SSSR count). The second-order valence-electron chi connectivity index (χ2n) is 2.89. The van der Waals surface area contributed by atoms with Crippen molar-refractivity contribution in [3.63, 3.8) is 0 Å². The molecule has 0 aliphatic carbocycles. The zero-order valence-electron chi connectivity index (χ0n) is 7.72. The van der Waals surface area contributed by atoms with Gasteiger partial charge in [-0.3, -0.25) is 14.8 Å². The number of pyridine rings is 2. The number of hydrogen-bond donors (Lipinski definition) is 0. The summed E-state index contributed by atoms with van der Waals surface area (Å²) < 4.78 is 0. The SMILES string of the molecule is O=C(Cl)c1cccnc1-c1ccccn1. The van der Waals surface area contributed by atoms with E-state index in [1.165, 1.54) is 0 Å². The first-order chi connectivity index (χ1) is 7.29. The Morgan fingerprint density at radius 3 is 2.53 bits per heavy atom. The van der Waals surface area contributed by atoms with Gasteiger partial charge >= 0.3 is 0 Å². The van der Waals surface area contributed by atoms with Gasteiger partial charge in [0.25, 0.3) is 5.24 Å². The minimum absolute atomic E-state index is 0.373. The van der Waals surface area contributed by atoms with Gasteiger partial charge < -0.3 is 0 Å². The third kappa shape index (κ3) is 2.02. The van der Waals surface area contributed by atoms with E-state index < -0.39 is 5.24 Å². The molecule has 74 valence electrons. The first kappa shape index (κ1) is 9.80. The number of nitrogens with zero attached hydrogens (tertiary/aromatic N) is 2. The van der Waals surface area contributed by atoms with Crippen molar-refractivity contribution in [2.45, 2.75) is 0 Å². The van der Waals surface area contributed by atoms with E-state index >= 15 is 0 Å². The summed E-state index contributed by atoms with van der Waals surface area (Å²) in [5.74, 6) is 0. The molecule has 0 N–H and O–H groups in total. The molecule has 0 aromatic carbocycles. The number of hydrogen-bond acceptors (Lipinski definition) is 3. The second-order valence-corrected chi connectivity index (χ2v) is 3.23. The van der Waals surface area contributed by atoms with Gasteiger partial charge in [-0.1, -0.05) is 6.07 Å². The van der Waals surface area contributed by atoms with Crippen molar-refractivity contribution in [3.05, 3.63) is 48.3 Å². The summed E-state index contributed by atoms with van der Waals surface area (Å²) in [5.41, 5.74) is 1.53. The van der Waals surface area contributed by atoms with E-state index in [0.29, 0.717) is 17.0 Å². The zero-order valence-corrected chi connectivity index (χ0v) is 8.48. The molecule has 3 nitrogen and oxygen atoms in total. The fraction of sp³-hybridized carbons (Fsp3) is 0. The molecular weight excluding hydrogens is 212 g/mol. The average Bonchev–Trinajstić information content (AvgIpc) is 2.30. The Morgan fingerprint density at radius 1 is 1.07 bits per heavy atom. The molecule has 0 atom stereocenters. The highest BCUT2D eigenvalue weighted by Gasteiger charge is 2.11. The summed E-state index contributed by atoms with van der Waals surface area (Å²) in [7, 11) is 0. The van der Waals surface area contributed by atoms with Gasteiger partial charge in [0, 0.05) is 12.4 Å². The van der Waals surface area contributed by atoms with Crippen LogP contribution < -0.4 is 0 Å². The van der Waals surface area contributed by atoms with E-state index in [0.717, 1.165) is 0 Å². The maximum atomic E-state index is 11.1. The van der Waals surface area contributed by atoms with Crippen LogP contribution in [0.15, 0.2) is 42.7 Å². The summed E-state index contributed by atoms with van der Waals surface area (Å²) in [6.45, 7) is 0. The Hall–Kier alpha value is -1.74. The smallest absolute Gasteiger partial charge is 0.254 e. The van der Waals surface area contributed by atoms with Crippen LogP contribution in [0.2, 0.25) is 0 Å². The first-order valence-electron chi connectivity index (χ1n) is 4.35. The summed E-state index contributed by atoms with van der Waals surface area (Å²) in [4.78, 5) is 19.4. The largest absolute Gasteiger partial charge is 0.276 e. The summed E-state index contributed by atoms with van der Waals surface area (Å²) in [6.07, 6.45) is 3.25. The van der Waals surface area contributed by atoms with E-state index in [-0.39, 0.29) is 0 Å². The minimum atomic E-state index is -0.524. The molecule has 0 unspecified atom stereocenters. The molecule has 0 aliphatic heterocycles. The van der Waals surface area contributed by atoms with Gasteiger partial charge in [0.15, 0.2) is 0 Å². The third-order valence-electron chi connectivity index (χ3n) is 1.93. The average molecular weight is 219 g/mol. The van der Waals surface area contributed by atoms with Crippen molar-refractivity contribution in [2.24, 2.45) is 0 Å². The lowest BCUT2D eigenvalue weighted by Gasteiger charge is -2.02. The van der Waals surface area contributed by atoms with Crippen molar-refractivity contribution >= 4 is 16.8 Å². The van der Waals surface area contributed by atoms with Crippen molar-refractivity contribution in [3.8, 4) is 11.4 Å². The molecule has 0 aliphatic rings. The lowest BCUT2D eigenvalue weighted by molar-refractivity contribution is 0.108. The van der Waals surface area contributed by atoms with Gasteiger partial charge in [-0.15, -0.1) is 0 Å². The second kappa shape index (κ2) is 4.19. The lowest BCUT2D eigenvalue weighted by atomic mass is 10.1. The lowest BCUT2D eigenvalue weighted by Crippen LogP contribution is -1.97. The van der Waals surface area contributed by atoms with Gasteiger partial charge in [0.05, 0.1) is 11.3 Å². The predicted octanol–water partition coefficient (Wildman–Crippen LogP) is 2.52. The van der Waals surface area contributed by atoms with Gasteiger partial charge in [-0.05, 0) is 35.9 Å². The van der Waals surface area contributed by atoms with Crippen LogP contribution >= 0.6 is 11.6 Å². The molecule has 0 spiro atoms. The monoisotopic (exact) mass is 218 g/mol. The highest BCUT2D eigenvalue weighted by atomic mass is 35.5. The fourth-order valence-electron chi connectivity index (χ4n) is 1.27. The Morgan fingerprint density at radius 2 is 1.87 bits per heavy atom. The number of carbonyl (C=O) groups excluding carboxylic acids is 1. The van der Waals surface area contributed by atoms with Crippen LogP contribution in [0, 0.1) is 0 Å². The fourth-order valence-corrected chi connectivity index (χ4v) is 1.42. The van der Waals surface area contributed by atoms with Crippen LogP contribution in [0.25, 0.3) is 11.4 Å². The van der Waals surface area contributed by atoms with Gasteiger partial charge in [0.2, 0.25) is 0 Å². The summed E-state index contributed by atoms with van der Waals surface area (Å²) in [6, 6.07) is 8.72. The number of halogens is 1. The van der Waals surface area contributed by atoms with E-state index in [9.17, 15) is 4.79 Å². The molecule has 2 heterocycles. The molecule has 15 heavy (non-hydrogen) atoms. The third-order valence-corrected chi connectivity index (χ3v) is 2.13. The standard InChI is InChI=1S/C11H7ClN2O/c12-11(15)8-4-3-7-14-10(8)9-5-1-2-6-13-9/h1-7H. The molecule has 0 saturated heterocycles. The molecule has 0 saturated carbocycles. The van der Waals surface area contributed by atoms with E-state index in [4.69, 9.17) is 11.6 Å². The molecular formula is C11H7ClN2O. The van der Waals surface area contributed by atoms with Crippen molar-refractivity contribution in [2.75, 3.05) is 0 Å². The number of rotatable bonds is 2. The molecule has 0 fully saturated rings. The Labute approximate surface area is 91.8 Å². The van der Waals surface area contributed by atoms with E-state index in [2.05, 4.69) is 9.97 Å². The van der Waals surface area contributed by atoms with Gasteiger partial charge in [-0.2, -0.15) is 0 Å². The Kier molecular flexibility index (Phi) is 2.74. The van der Waals surface area contributed by atoms with Crippen LogP contribution in [0.1, 0.15) is 10.4 Å². The van der Waals surface area contributed by atoms with Crippen LogP contribution in [0.3, 0.4) is 0 Å². The van der Waals surface area contributed by atoms with Crippen LogP contribution in [0.4, 0.5) is 0 Å². The van der Waals surface area contributed by atoms with Gasteiger partial charge in [-0.25, -0.2) is 0 Å². The minimum Gasteiger partial charge on any atom is -0.276 e. The summed E-state index contributed by atoms with van der Waals surface area (Å²) in [5, 5.41) is -0.524. The quantitative estimate of drug-likeness (QED) is 0.728. The predicted molar refractivity (Wildman–Crippen MR) is 57.7 cm³/mol. The zero-order chi connectivity index (χ0) is 10.7. The first-order valence-corrected chi connectivity index (χ1v) is 4.73. The molecule has 0 amide bonds. The summed E-state index contributed by atoms with van der Waals surface area (Å²) >= 11 is 5.45. The van der Waals surface area contributed by atoms with E-state index in [1.807, 2.05) is 6.07 Å². The van der Waals surface area contributed by atoms with Crippen molar-refractivity contribution in [1.29, 1.82) is 0 Å². The number of aromatic nitrogens is 2. The van der Waals surface area contributed by atoms with Crippen molar-refractivity contribution < 1.29 is 4.79 Å². The van der Waals surface area contributed by atoms with E-state index in [1.54, 1.807) is 36.7 Å². The topological polar surface area (TPSA) is 42.9 Å². The highest BCUT2D eigenvalue weighted by molar-refractivity contribution is 6.68.